The number of aromatic nitrogens is 4. The fraction of sp³-hybridized carbons (Fsp3) is 0.222. The van der Waals surface area contributed by atoms with Crippen LogP contribution >= 0.6 is 12.2 Å². The van der Waals surface area contributed by atoms with Crippen LogP contribution < -0.4 is 5.73 Å². The summed E-state index contributed by atoms with van der Waals surface area (Å²) in [4.78, 5) is 4.37. The van der Waals surface area contributed by atoms with Crippen LogP contribution in [0.2, 0.25) is 0 Å². The first-order valence-corrected chi connectivity index (χ1v) is 4.91. The molecule has 0 saturated heterocycles. The van der Waals surface area contributed by atoms with Crippen molar-refractivity contribution in [1.29, 1.82) is 0 Å². The van der Waals surface area contributed by atoms with Crippen molar-refractivity contribution in [3.05, 3.63) is 34.4 Å². The molecule has 0 saturated carbocycles. The van der Waals surface area contributed by atoms with E-state index in [9.17, 15) is 0 Å². The summed E-state index contributed by atoms with van der Waals surface area (Å²) < 4.78 is 2.22. The largest absolute Gasteiger partial charge is 0.368 e. The highest BCUT2D eigenvalue weighted by Gasteiger charge is 2.03. The Morgan fingerprint density at radius 3 is 2.93 bits per heavy atom. The molecule has 2 aromatic rings. The van der Waals surface area contributed by atoms with E-state index in [1.807, 2.05) is 25.1 Å². The zero-order valence-electron chi connectivity index (χ0n) is 8.27. The molecule has 3 N–H and O–H groups in total. The zero-order chi connectivity index (χ0) is 10.8. The van der Waals surface area contributed by atoms with Gasteiger partial charge in [-0.1, -0.05) is 6.07 Å². The number of nitrogens with zero attached hydrogens (tertiary/aromatic N) is 3. The number of nitrogens with two attached hydrogens (primary N) is 1. The van der Waals surface area contributed by atoms with Gasteiger partial charge in [0.25, 0.3) is 0 Å². The van der Waals surface area contributed by atoms with Crippen molar-refractivity contribution in [1.82, 2.24) is 19.7 Å². The molecule has 2 aromatic heterocycles. The van der Waals surface area contributed by atoms with E-state index in [0.29, 0.717) is 17.3 Å². The predicted molar refractivity (Wildman–Crippen MR) is 59.9 cm³/mol. The van der Waals surface area contributed by atoms with Crippen LogP contribution in [0.3, 0.4) is 0 Å². The summed E-state index contributed by atoms with van der Waals surface area (Å²) in [6.07, 6.45) is 0. The normalized spacial score (nSPS) is 10.5. The number of aryl methyl sites for hydroxylation is 1. The number of aromatic amines is 1. The van der Waals surface area contributed by atoms with Crippen molar-refractivity contribution < 1.29 is 0 Å². The van der Waals surface area contributed by atoms with Gasteiger partial charge in [0.2, 0.25) is 5.95 Å². The lowest BCUT2D eigenvalue weighted by Crippen LogP contribution is -2.06. The number of H-pyrrole nitrogens is 1. The molecule has 0 unspecified atom stereocenters. The van der Waals surface area contributed by atoms with Crippen LogP contribution in [-0.2, 0) is 6.54 Å². The average molecular weight is 221 g/mol. The molecule has 0 aliphatic heterocycles. The lowest BCUT2D eigenvalue weighted by Gasteiger charge is -2.03. The molecule has 15 heavy (non-hydrogen) atoms. The monoisotopic (exact) mass is 221 g/mol. The summed E-state index contributed by atoms with van der Waals surface area (Å²) in [5, 5.41) is 6.47. The molecule has 0 aliphatic carbocycles. The zero-order valence-corrected chi connectivity index (χ0v) is 9.08. The second-order valence-corrected chi connectivity index (χ2v) is 3.63. The number of anilines is 1. The van der Waals surface area contributed by atoms with E-state index in [-0.39, 0.29) is 0 Å². The maximum absolute atomic E-state index is 5.65. The lowest BCUT2D eigenvalue weighted by atomic mass is 10.3. The number of nitrogen functional groups attached to an aromatic ring is 1. The smallest absolute Gasteiger partial charge is 0.220 e. The maximum Gasteiger partial charge on any atom is 0.220 e. The molecule has 5 nitrogen and oxygen atoms in total. The standard InChI is InChI=1S/C9H11N5S/c1-6-3-2-4-7(11-6)5-14-8(10)12-13-9(14)15/h2-4H,5H2,1H3,(H2,10,12)(H,13,15). The van der Waals surface area contributed by atoms with Crippen LogP contribution in [0.25, 0.3) is 0 Å². The van der Waals surface area contributed by atoms with Gasteiger partial charge in [-0.2, -0.15) is 0 Å². The van der Waals surface area contributed by atoms with Gasteiger partial charge in [0.15, 0.2) is 4.77 Å². The van der Waals surface area contributed by atoms with Crippen molar-refractivity contribution in [2.75, 3.05) is 5.73 Å². The van der Waals surface area contributed by atoms with E-state index in [1.165, 1.54) is 0 Å². The Morgan fingerprint density at radius 1 is 1.53 bits per heavy atom. The van der Waals surface area contributed by atoms with Crippen LogP contribution in [-0.4, -0.2) is 19.7 Å². The molecule has 0 spiro atoms. The first-order valence-electron chi connectivity index (χ1n) is 4.50. The third-order valence-corrected chi connectivity index (χ3v) is 2.37. The Bertz CT molecular complexity index is 527. The van der Waals surface area contributed by atoms with E-state index < -0.39 is 0 Å². The molecule has 0 aliphatic rings. The summed E-state index contributed by atoms with van der Waals surface area (Å²) in [5.74, 6) is 0.378. The summed E-state index contributed by atoms with van der Waals surface area (Å²) in [6.45, 7) is 2.49. The van der Waals surface area contributed by atoms with Gasteiger partial charge in [-0.05, 0) is 31.3 Å². The van der Waals surface area contributed by atoms with E-state index in [1.54, 1.807) is 4.57 Å². The second kappa shape index (κ2) is 3.82. The molecule has 2 rings (SSSR count). The van der Waals surface area contributed by atoms with E-state index in [4.69, 9.17) is 18.0 Å². The molecule has 0 amide bonds. The fourth-order valence-electron chi connectivity index (χ4n) is 1.33. The van der Waals surface area contributed by atoms with Gasteiger partial charge < -0.3 is 5.73 Å². The lowest BCUT2D eigenvalue weighted by molar-refractivity contribution is 0.766. The molecule has 0 aromatic carbocycles. The summed E-state index contributed by atoms with van der Waals surface area (Å²) in [7, 11) is 0. The van der Waals surface area contributed by atoms with Crippen molar-refractivity contribution in [3.63, 3.8) is 0 Å². The van der Waals surface area contributed by atoms with Gasteiger partial charge in [0.1, 0.15) is 0 Å². The minimum atomic E-state index is 0.378. The van der Waals surface area contributed by atoms with Crippen LogP contribution in [0, 0.1) is 11.7 Å². The SMILES string of the molecule is Cc1cccc(Cn2c(N)n[nH]c2=S)n1. The minimum absolute atomic E-state index is 0.378. The van der Waals surface area contributed by atoms with Gasteiger partial charge in [-0.3, -0.25) is 9.55 Å². The Hall–Kier alpha value is -1.69. The molecule has 2 heterocycles. The predicted octanol–water partition coefficient (Wildman–Crippen LogP) is 1.27. The number of hydrogen-bond donors (Lipinski definition) is 2. The first-order chi connectivity index (χ1) is 7.16. The number of rotatable bonds is 2. The van der Waals surface area contributed by atoms with E-state index >= 15 is 0 Å². The molecule has 0 fully saturated rings. The van der Waals surface area contributed by atoms with Crippen molar-refractivity contribution in [3.8, 4) is 0 Å². The highest BCUT2D eigenvalue weighted by atomic mass is 32.1. The Morgan fingerprint density at radius 2 is 2.33 bits per heavy atom. The van der Waals surface area contributed by atoms with Gasteiger partial charge >= 0.3 is 0 Å². The molecule has 78 valence electrons. The third-order valence-electron chi connectivity index (χ3n) is 2.05. The summed E-state index contributed by atoms with van der Waals surface area (Å²) in [5.41, 5.74) is 7.54. The van der Waals surface area contributed by atoms with Gasteiger partial charge in [0.05, 0.1) is 12.2 Å². The Kier molecular flexibility index (Phi) is 2.51. The molecular weight excluding hydrogens is 210 g/mol. The van der Waals surface area contributed by atoms with Crippen LogP contribution in [0.4, 0.5) is 5.95 Å². The van der Waals surface area contributed by atoms with E-state index in [0.717, 1.165) is 11.4 Å². The van der Waals surface area contributed by atoms with Gasteiger partial charge in [0, 0.05) is 5.69 Å². The Balaban J connectivity index is 2.33. The van der Waals surface area contributed by atoms with Crippen LogP contribution in [0.5, 0.6) is 0 Å². The third kappa shape index (κ3) is 2.04. The quantitative estimate of drug-likeness (QED) is 0.749. The van der Waals surface area contributed by atoms with Crippen LogP contribution in [0.1, 0.15) is 11.4 Å². The average Bonchev–Trinajstić information content (AvgIpc) is 2.50. The molecule has 0 bridgehead atoms. The van der Waals surface area contributed by atoms with Crippen molar-refractivity contribution in [2.24, 2.45) is 0 Å². The molecule has 0 radical (unpaired) electrons. The molecule has 0 atom stereocenters. The number of pyridine rings is 1. The van der Waals surface area contributed by atoms with Crippen molar-refractivity contribution >= 4 is 18.2 Å². The second-order valence-electron chi connectivity index (χ2n) is 3.24. The highest BCUT2D eigenvalue weighted by molar-refractivity contribution is 7.71. The number of hydrogen-bond acceptors (Lipinski definition) is 4. The molecular formula is C9H11N5S. The van der Waals surface area contributed by atoms with Crippen LogP contribution in [0.15, 0.2) is 18.2 Å². The number of nitrogens with one attached hydrogen (secondary N) is 1. The van der Waals surface area contributed by atoms with Gasteiger partial charge in [-0.25, -0.2) is 5.10 Å². The summed E-state index contributed by atoms with van der Waals surface area (Å²) in [6, 6.07) is 5.83. The van der Waals surface area contributed by atoms with E-state index in [2.05, 4.69) is 15.2 Å². The topological polar surface area (TPSA) is 72.5 Å². The van der Waals surface area contributed by atoms with Gasteiger partial charge in [-0.15, -0.1) is 5.10 Å². The Labute approximate surface area is 92.0 Å². The fourth-order valence-corrected chi connectivity index (χ4v) is 1.54. The maximum atomic E-state index is 5.65. The summed E-state index contributed by atoms with van der Waals surface area (Å²) >= 11 is 5.04. The minimum Gasteiger partial charge on any atom is -0.368 e. The highest BCUT2D eigenvalue weighted by Crippen LogP contribution is 2.05. The van der Waals surface area contributed by atoms with Crippen molar-refractivity contribution in [2.45, 2.75) is 13.5 Å². The molecule has 6 heteroatoms. The first kappa shape index (κ1) is 9.85.